The van der Waals surface area contributed by atoms with Crippen LogP contribution in [0.2, 0.25) is 0 Å². The zero-order valence-corrected chi connectivity index (χ0v) is 16.4. The molecule has 144 valence electrons. The van der Waals surface area contributed by atoms with Crippen LogP contribution in [0.4, 0.5) is 5.69 Å². The lowest BCUT2D eigenvalue weighted by molar-refractivity contribution is 0.102. The van der Waals surface area contributed by atoms with Gasteiger partial charge in [-0.25, -0.2) is 19.9 Å². The Morgan fingerprint density at radius 1 is 1.03 bits per heavy atom. The molecule has 29 heavy (non-hydrogen) atoms. The van der Waals surface area contributed by atoms with Crippen molar-refractivity contribution in [3.8, 4) is 16.7 Å². The highest BCUT2D eigenvalue weighted by atomic mass is 32.1. The Morgan fingerprint density at radius 3 is 2.55 bits per heavy atom. The zero-order chi connectivity index (χ0) is 20.1. The van der Waals surface area contributed by atoms with E-state index in [0.29, 0.717) is 39.6 Å². The van der Waals surface area contributed by atoms with Crippen molar-refractivity contribution in [2.45, 2.75) is 13.5 Å². The summed E-state index contributed by atoms with van der Waals surface area (Å²) in [7, 11) is 0. The second-order valence-corrected chi connectivity index (χ2v) is 7.12. The van der Waals surface area contributed by atoms with Gasteiger partial charge in [0, 0.05) is 18.5 Å². The molecule has 3 aromatic heterocycles. The molecule has 8 heteroatoms. The maximum Gasteiger partial charge on any atom is 0.267 e. The summed E-state index contributed by atoms with van der Waals surface area (Å²) in [4.78, 5) is 30.2. The number of pyridine rings is 1. The van der Waals surface area contributed by atoms with Gasteiger partial charge in [0.15, 0.2) is 10.8 Å². The number of thiazole rings is 1. The monoisotopic (exact) mass is 403 g/mol. The molecular formula is C21H17N5O2S. The number of nitrogens with one attached hydrogen (secondary N) is 1. The van der Waals surface area contributed by atoms with E-state index in [1.165, 1.54) is 11.3 Å². The summed E-state index contributed by atoms with van der Waals surface area (Å²) >= 11 is 1.26. The molecule has 0 atom stereocenters. The number of benzene rings is 1. The fraction of sp³-hybridized carbons (Fsp3) is 0.0952. The second kappa shape index (κ2) is 8.57. The molecule has 0 spiro atoms. The van der Waals surface area contributed by atoms with Crippen molar-refractivity contribution >= 4 is 22.9 Å². The van der Waals surface area contributed by atoms with Gasteiger partial charge in [0.05, 0.1) is 17.6 Å². The fourth-order valence-electron chi connectivity index (χ4n) is 2.57. The third-order valence-electron chi connectivity index (χ3n) is 3.98. The van der Waals surface area contributed by atoms with Gasteiger partial charge in [-0.05, 0) is 24.6 Å². The molecule has 1 amide bonds. The van der Waals surface area contributed by atoms with E-state index in [1.54, 1.807) is 43.7 Å². The summed E-state index contributed by atoms with van der Waals surface area (Å²) in [5.74, 6) is 0.743. The summed E-state index contributed by atoms with van der Waals surface area (Å²) in [6, 6.07) is 15.1. The van der Waals surface area contributed by atoms with Gasteiger partial charge in [-0.2, -0.15) is 0 Å². The molecule has 0 saturated carbocycles. The van der Waals surface area contributed by atoms with Crippen molar-refractivity contribution in [1.82, 2.24) is 19.9 Å². The van der Waals surface area contributed by atoms with Crippen molar-refractivity contribution in [1.29, 1.82) is 0 Å². The number of hydrogen-bond acceptors (Lipinski definition) is 7. The van der Waals surface area contributed by atoms with Crippen LogP contribution in [-0.2, 0) is 6.61 Å². The van der Waals surface area contributed by atoms with E-state index >= 15 is 0 Å². The molecule has 4 aromatic rings. The first-order valence-corrected chi connectivity index (χ1v) is 9.69. The highest BCUT2D eigenvalue weighted by molar-refractivity contribution is 7.17. The first kappa shape index (κ1) is 18.7. The molecule has 0 bridgehead atoms. The molecule has 0 aliphatic heterocycles. The normalized spacial score (nSPS) is 10.5. The minimum absolute atomic E-state index is 0.248. The van der Waals surface area contributed by atoms with Gasteiger partial charge in [0.25, 0.3) is 5.91 Å². The first-order valence-electron chi connectivity index (χ1n) is 8.88. The van der Waals surface area contributed by atoms with Gasteiger partial charge in [0.1, 0.15) is 11.5 Å². The topological polar surface area (TPSA) is 89.9 Å². The molecule has 0 fully saturated rings. The van der Waals surface area contributed by atoms with Crippen molar-refractivity contribution in [2.24, 2.45) is 0 Å². The molecule has 0 aliphatic rings. The van der Waals surface area contributed by atoms with Crippen LogP contribution in [0, 0.1) is 6.92 Å². The standard InChI is InChI=1S/C21H17N5O2S/c1-14-18(29-21(25-14)19-22-10-5-11-23-19)20(27)26-16-8-9-17(24-12-16)28-13-15-6-3-2-4-7-15/h2-12H,13H2,1H3,(H,26,27). The number of aryl methyl sites for hydroxylation is 1. The highest BCUT2D eigenvalue weighted by Gasteiger charge is 2.17. The van der Waals surface area contributed by atoms with E-state index in [2.05, 4.69) is 25.3 Å². The molecule has 1 aromatic carbocycles. The summed E-state index contributed by atoms with van der Waals surface area (Å²) < 4.78 is 5.66. The smallest absolute Gasteiger partial charge is 0.267 e. The lowest BCUT2D eigenvalue weighted by Gasteiger charge is -2.07. The summed E-state index contributed by atoms with van der Waals surface area (Å²) in [5, 5.41) is 3.44. The molecule has 3 heterocycles. The number of aromatic nitrogens is 4. The number of rotatable bonds is 6. The number of carbonyl (C=O) groups excluding carboxylic acids is 1. The van der Waals surface area contributed by atoms with Gasteiger partial charge < -0.3 is 10.1 Å². The molecule has 0 radical (unpaired) electrons. The van der Waals surface area contributed by atoms with E-state index in [4.69, 9.17) is 4.74 Å². The number of carbonyl (C=O) groups is 1. The van der Waals surface area contributed by atoms with Crippen LogP contribution in [0.5, 0.6) is 5.88 Å². The largest absolute Gasteiger partial charge is 0.473 e. The van der Waals surface area contributed by atoms with Gasteiger partial charge in [-0.15, -0.1) is 11.3 Å². The first-order chi connectivity index (χ1) is 14.2. The number of anilines is 1. The third kappa shape index (κ3) is 4.61. The van der Waals surface area contributed by atoms with Crippen molar-refractivity contribution < 1.29 is 9.53 Å². The van der Waals surface area contributed by atoms with Crippen molar-refractivity contribution in [3.05, 3.63) is 83.3 Å². The van der Waals surface area contributed by atoms with Gasteiger partial charge in [-0.3, -0.25) is 4.79 Å². The quantitative estimate of drug-likeness (QED) is 0.520. The molecule has 0 saturated heterocycles. The Hall–Kier alpha value is -3.65. The van der Waals surface area contributed by atoms with E-state index in [9.17, 15) is 4.79 Å². The van der Waals surface area contributed by atoms with E-state index in [-0.39, 0.29) is 5.91 Å². The maximum absolute atomic E-state index is 12.6. The SMILES string of the molecule is Cc1nc(-c2ncccn2)sc1C(=O)Nc1ccc(OCc2ccccc2)nc1. The van der Waals surface area contributed by atoms with Gasteiger partial charge >= 0.3 is 0 Å². The Bertz CT molecular complexity index is 1100. The molecule has 0 aliphatic carbocycles. The summed E-state index contributed by atoms with van der Waals surface area (Å²) in [5.41, 5.74) is 2.27. The minimum Gasteiger partial charge on any atom is -0.473 e. The Morgan fingerprint density at radius 2 is 1.83 bits per heavy atom. The van der Waals surface area contributed by atoms with Crippen molar-refractivity contribution in [3.63, 3.8) is 0 Å². The zero-order valence-electron chi connectivity index (χ0n) is 15.6. The lowest BCUT2D eigenvalue weighted by atomic mass is 10.2. The van der Waals surface area contributed by atoms with Crippen LogP contribution in [0.15, 0.2) is 67.1 Å². The van der Waals surface area contributed by atoms with Gasteiger partial charge in [0.2, 0.25) is 5.88 Å². The Labute approximate surface area is 171 Å². The number of ether oxygens (including phenoxy) is 1. The molecule has 4 rings (SSSR count). The lowest BCUT2D eigenvalue weighted by Crippen LogP contribution is -2.11. The highest BCUT2D eigenvalue weighted by Crippen LogP contribution is 2.26. The van der Waals surface area contributed by atoms with Crippen LogP contribution < -0.4 is 10.1 Å². The average Bonchev–Trinajstić information content (AvgIpc) is 3.16. The minimum atomic E-state index is -0.248. The third-order valence-corrected chi connectivity index (χ3v) is 5.14. The van der Waals surface area contributed by atoms with Crippen molar-refractivity contribution in [2.75, 3.05) is 5.32 Å². The molecule has 7 nitrogen and oxygen atoms in total. The Balaban J connectivity index is 1.40. The van der Waals surface area contributed by atoms with E-state index < -0.39 is 0 Å². The number of hydrogen-bond donors (Lipinski definition) is 1. The number of amides is 1. The second-order valence-electron chi connectivity index (χ2n) is 6.12. The predicted molar refractivity (Wildman–Crippen MR) is 111 cm³/mol. The predicted octanol–water partition coefficient (Wildman–Crippen LogP) is 4.13. The van der Waals surface area contributed by atoms with Crippen LogP contribution in [0.1, 0.15) is 20.9 Å². The van der Waals surface area contributed by atoms with Crippen LogP contribution in [0.3, 0.4) is 0 Å². The van der Waals surface area contributed by atoms with Crippen LogP contribution in [-0.4, -0.2) is 25.8 Å². The average molecular weight is 403 g/mol. The summed E-state index contributed by atoms with van der Waals surface area (Å²) in [6.45, 7) is 2.22. The fourth-order valence-corrected chi connectivity index (χ4v) is 3.48. The maximum atomic E-state index is 12.6. The van der Waals surface area contributed by atoms with Crippen LogP contribution in [0.25, 0.3) is 10.8 Å². The van der Waals surface area contributed by atoms with Crippen LogP contribution >= 0.6 is 11.3 Å². The van der Waals surface area contributed by atoms with Gasteiger partial charge in [-0.1, -0.05) is 30.3 Å². The molecular weight excluding hydrogens is 386 g/mol. The van der Waals surface area contributed by atoms with E-state index in [0.717, 1.165) is 5.56 Å². The number of nitrogens with zero attached hydrogens (tertiary/aromatic N) is 4. The molecule has 1 N–H and O–H groups in total. The summed E-state index contributed by atoms with van der Waals surface area (Å²) in [6.07, 6.45) is 4.85. The molecule has 0 unspecified atom stereocenters. The van der Waals surface area contributed by atoms with E-state index in [1.807, 2.05) is 30.3 Å². The Kier molecular flexibility index (Phi) is 5.53.